The van der Waals surface area contributed by atoms with Crippen LogP contribution >= 0.6 is 0 Å². The summed E-state index contributed by atoms with van der Waals surface area (Å²) in [6.07, 6.45) is 5.70. The fraction of sp³-hybridized carbons (Fsp3) is 0.214. The molecule has 16 heavy (non-hydrogen) atoms. The summed E-state index contributed by atoms with van der Waals surface area (Å²) >= 11 is 0. The van der Waals surface area contributed by atoms with Gasteiger partial charge in [0.1, 0.15) is 5.75 Å². The van der Waals surface area contributed by atoms with E-state index in [-0.39, 0.29) is 0 Å². The van der Waals surface area contributed by atoms with Gasteiger partial charge in [-0.3, -0.25) is 4.98 Å². The van der Waals surface area contributed by atoms with Crippen LogP contribution in [0, 0.1) is 6.07 Å². The van der Waals surface area contributed by atoms with Crippen molar-refractivity contribution in [2.45, 2.75) is 12.8 Å². The predicted octanol–water partition coefficient (Wildman–Crippen LogP) is 2.89. The lowest BCUT2D eigenvalue weighted by atomic mass is 10.2. The third-order valence-corrected chi connectivity index (χ3v) is 2.29. The number of hydrogen-bond acceptors (Lipinski definition) is 2. The molecule has 0 fully saturated rings. The highest BCUT2D eigenvalue weighted by atomic mass is 16.5. The summed E-state index contributed by atoms with van der Waals surface area (Å²) < 4.78 is 5.59. The van der Waals surface area contributed by atoms with Crippen molar-refractivity contribution in [3.05, 3.63) is 60.4 Å². The molecule has 0 aliphatic rings. The maximum absolute atomic E-state index is 5.59. The van der Waals surface area contributed by atoms with Crippen LogP contribution in [0.25, 0.3) is 0 Å². The van der Waals surface area contributed by atoms with Crippen molar-refractivity contribution in [1.82, 2.24) is 4.98 Å². The van der Waals surface area contributed by atoms with Gasteiger partial charge in [-0.05, 0) is 42.7 Å². The Morgan fingerprint density at radius 3 is 2.81 bits per heavy atom. The lowest BCUT2D eigenvalue weighted by molar-refractivity contribution is 0.311. The van der Waals surface area contributed by atoms with Crippen molar-refractivity contribution >= 4 is 0 Å². The van der Waals surface area contributed by atoms with E-state index in [0.717, 1.165) is 25.2 Å². The number of pyridine rings is 1. The van der Waals surface area contributed by atoms with E-state index in [9.17, 15) is 0 Å². The average molecular weight is 212 g/mol. The second-order valence-corrected chi connectivity index (χ2v) is 3.55. The maximum atomic E-state index is 5.59. The summed E-state index contributed by atoms with van der Waals surface area (Å²) in [6.45, 7) is 0.735. The van der Waals surface area contributed by atoms with E-state index in [1.54, 1.807) is 6.20 Å². The smallest absolute Gasteiger partial charge is 0.119 e. The van der Waals surface area contributed by atoms with Crippen molar-refractivity contribution in [3.63, 3.8) is 0 Å². The topological polar surface area (TPSA) is 22.1 Å². The van der Waals surface area contributed by atoms with Gasteiger partial charge in [0.2, 0.25) is 0 Å². The summed E-state index contributed by atoms with van der Waals surface area (Å²) in [7, 11) is 0. The Balaban J connectivity index is 1.70. The highest BCUT2D eigenvalue weighted by molar-refractivity contribution is 5.20. The Bertz CT molecular complexity index is 358. The van der Waals surface area contributed by atoms with Crippen LogP contribution < -0.4 is 4.74 Å². The molecular formula is C14H14NO. The third-order valence-electron chi connectivity index (χ3n) is 2.29. The summed E-state index contributed by atoms with van der Waals surface area (Å²) in [5.41, 5.74) is 1.26. The quantitative estimate of drug-likeness (QED) is 0.711. The first-order valence-electron chi connectivity index (χ1n) is 5.43. The van der Waals surface area contributed by atoms with Gasteiger partial charge in [0.05, 0.1) is 6.61 Å². The highest BCUT2D eigenvalue weighted by Gasteiger charge is 1.94. The number of aryl methyl sites for hydroxylation is 1. The van der Waals surface area contributed by atoms with Gasteiger partial charge >= 0.3 is 0 Å². The van der Waals surface area contributed by atoms with Gasteiger partial charge in [-0.25, -0.2) is 0 Å². The minimum atomic E-state index is 0.735. The molecule has 0 saturated carbocycles. The Morgan fingerprint density at radius 1 is 1.19 bits per heavy atom. The van der Waals surface area contributed by atoms with Gasteiger partial charge in [-0.1, -0.05) is 18.2 Å². The average Bonchev–Trinajstić information content (AvgIpc) is 2.37. The molecule has 2 rings (SSSR count). The summed E-state index contributed by atoms with van der Waals surface area (Å²) in [6, 6.07) is 14.6. The predicted molar refractivity (Wildman–Crippen MR) is 63.3 cm³/mol. The van der Waals surface area contributed by atoms with Crippen LogP contribution in [0.4, 0.5) is 0 Å². The molecule has 0 amide bonds. The monoisotopic (exact) mass is 212 g/mol. The van der Waals surface area contributed by atoms with Crippen molar-refractivity contribution in [1.29, 1.82) is 0 Å². The van der Waals surface area contributed by atoms with Gasteiger partial charge in [0.25, 0.3) is 0 Å². The van der Waals surface area contributed by atoms with Crippen LogP contribution in [0.3, 0.4) is 0 Å². The Morgan fingerprint density at radius 2 is 2.06 bits per heavy atom. The third kappa shape index (κ3) is 3.39. The first-order valence-corrected chi connectivity index (χ1v) is 5.43. The second kappa shape index (κ2) is 5.91. The molecule has 0 atom stereocenters. The number of ether oxygens (including phenoxy) is 1. The minimum Gasteiger partial charge on any atom is -0.494 e. The summed E-state index contributed by atoms with van der Waals surface area (Å²) in [4.78, 5) is 4.08. The van der Waals surface area contributed by atoms with Gasteiger partial charge < -0.3 is 4.74 Å². The number of hydrogen-bond donors (Lipinski definition) is 0. The SMILES string of the molecule is [c]1ccc(OCCCc2cccnc2)cc1. The molecule has 0 unspecified atom stereocenters. The van der Waals surface area contributed by atoms with Crippen LogP contribution in [-0.4, -0.2) is 11.6 Å². The van der Waals surface area contributed by atoms with E-state index in [2.05, 4.69) is 17.1 Å². The van der Waals surface area contributed by atoms with Crippen molar-refractivity contribution in [2.24, 2.45) is 0 Å². The number of aromatic nitrogens is 1. The molecule has 0 aliphatic carbocycles. The summed E-state index contributed by atoms with van der Waals surface area (Å²) in [5.74, 6) is 0.907. The molecule has 1 aromatic carbocycles. The van der Waals surface area contributed by atoms with E-state index in [4.69, 9.17) is 4.74 Å². The number of benzene rings is 1. The van der Waals surface area contributed by atoms with Crippen LogP contribution in [-0.2, 0) is 6.42 Å². The maximum Gasteiger partial charge on any atom is 0.119 e. The van der Waals surface area contributed by atoms with Crippen LogP contribution in [0.5, 0.6) is 5.75 Å². The first-order chi connectivity index (χ1) is 7.95. The molecule has 2 heteroatoms. The fourth-order valence-electron chi connectivity index (χ4n) is 1.48. The van der Waals surface area contributed by atoms with Gasteiger partial charge in [0, 0.05) is 12.4 Å². The highest BCUT2D eigenvalue weighted by Crippen LogP contribution is 2.09. The molecule has 2 nitrogen and oxygen atoms in total. The van der Waals surface area contributed by atoms with Crippen LogP contribution in [0.15, 0.2) is 48.8 Å². The molecule has 0 bridgehead atoms. The van der Waals surface area contributed by atoms with Crippen molar-refractivity contribution < 1.29 is 4.74 Å². The summed E-state index contributed by atoms with van der Waals surface area (Å²) in [5, 5.41) is 0. The fourth-order valence-corrected chi connectivity index (χ4v) is 1.48. The lowest BCUT2D eigenvalue weighted by Crippen LogP contribution is -1.99. The zero-order valence-corrected chi connectivity index (χ0v) is 9.10. The van der Waals surface area contributed by atoms with E-state index >= 15 is 0 Å². The Labute approximate surface area is 95.9 Å². The number of nitrogens with zero attached hydrogens (tertiary/aromatic N) is 1. The Kier molecular flexibility index (Phi) is 3.94. The van der Waals surface area contributed by atoms with Crippen LogP contribution in [0.1, 0.15) is 12.0 Å². The van der Waals surface area contributed by atoms with Gasteiger partial charge in [-0.2, -0.15) is 0 Å². The zero-order valence-electron chi connectivity index (χ0n) is 9.10. The lowest BCUT2D eigenvalue weighted by Gasteiger charge is -2.05. The standard InChI is InChI=1S/C14H14NO/c1-2-8-14(9-3-1)16-11-5-7-13-6-4-10-15-12-13/h2-4,6,8-10,12H,5,7,11H2. The zero-order chi connectivity index (χ0) is 11.1. The number of rotatable bonds is 5. The second-order valence-electron chi connectivity index (χ2n) is 3.55. The molecule has 1 aromatic heterocycles. The molecule has 1 heterocycles. The molecule has 0 spiro atoms. The normalized spacial score (nSPS) is 10.0. The Hall–Kier alpha value is -1.83. The van der Waals surface area contributed by atoms with E-state index in [0.29, 0.717) is 0 Å². The minimum absolute atomic E-state index is 0.735. The molecule has 0 aliphatic heterocycles. The molecule has 0 N–H and O–H groups in total. The molecule has 0 saturated heterocycles. The largest absolute Gasteiger partial charge is 0.494 e. The van der Waals surface area contributed by atoms with Crippen LogP contribution in [0.2, 0.25) is 0 Å². The van der Waals surface area contributed by atoms with Crippen molar-refractivity contribution in [3.8, 4) is 5.75 Å². The van der Waals surface area contributed by atoms with Crippen molar-refractivity contribution in [2.75, 3.05) is 6.61 Å². The van der Waals surface area contributed by atoms with E-state index < -0.39 is 0 Å². The van der Waals surface area contributed by atoms with Gasteiger partial charge in [0.15, 0.2) is 0 Å². The van der Waals surface area contributed by atoms with Gasteiger partial charge in [-0.15, -0.1) is 0 Å². The molecule has 2 aromatic rings. The first kappa shape index (κ1) is 10.7. The van der Waals surface area contributed by atoms with E-state index in [1.165, 1.54) is 5.56 Å². The molecule has 81 valence electrons. The van der Waals surface area contributed by atoms with E-state index in [1.807, 2.05) is 36.5 Å². The molecular weight excluding hydrogens is 198 g/mol. The molecule has 1 radical (unpaired) electrons.